The molecule has 88 valence electrons. The zero-order valence-electron chi connectivity index (χ0n) is 6.64. The van der Waals surface area contributed by atoms with E-state index in [9.17, 15) is 17.6 Å². The van der Waals surface area contributed by atoms with Crippen molar-refractivity contribution in [2.45, 2.75) is 11.5 Å². The first-order chi connectivity index (χ1) is 5.89. The normalized spacial score (nSPS) is 11.7. The van der Waals surface area contributed by atoms with Gasteiger partial charge >= 0.3 is 34.6 Å². The molecule has 0 unspecified atom stereocenters. The molecular weight excluding hydrogens is 284 g/mol. The molecule has 0 aromatic heterocycles. The summed E-state index contributed by atoms with van der Waals surface area (Å²) in [4.78, 5) is 0. The topological polar surface area (TPSA) is 114 Å². The van der Waals surface area contributed by atoms with Crippen LogP contribution >= 0.6 is 0 Å². The molecule has 0 aromatic carbocycles. The fourth-order valence-electron chi connectivity index (χ4n) is 0. The Kier molecular flexibility index (Phi) is 10.4. The molecule has 0 amide bonds. The first-order valence-electron chi connectivity index (χ1n) is 2.34. The third-order valence-electron chi connectivity index (χ3n) is 0.436. The molecule has 0 aromatic rings. The van der Waals surface area contributed by atoms with Gasteiger partial charge in [-0.2, -0.15) is 17.6 Å². The largest absolute Gasteiger partial charge is 2.00 e. The van der Waals surface area contributed by atoms with Gasteiger partial charge in [-0.1, -0.05) is 0 Å². The summed E-state index contributed by atoms with van der Waals surface area (Å²) in [5.74, 6) is -7.57. The summed E-state index contributed by atoms with van der Waals surface area (Å²) in [6.07, 6.45) is 0. The molecule has 0 rings (SSSR count). The Hall–Kier alpha value is 0.306. The Bertz CT molecular complexity index is 311. The standard InChI is InChI=1S/2CH2F2O3S.Mg/c2*2-1(3)7(4,5)6;/h2*1H,(H,4,5,6);/q;;+2/p-2. The molecule has 0 heterocycles. The van der Waals surface area contributed by atoms with Gasteiger partial charge in [-0.15, -0.1) is 0 Å². The van der Waals surface area contributed by atoms with E-state index in [1.807, 2.05) is 0 Å². The van der Waals surface area contributed by atoms with Crippen LogP contribution in [-0.2, 0) is 20.2 Å². The number of hydrogen-bond donors (Lipinski definition) is 0. The van der Waals surface area contributed by atoms with Gasteiger partial charge in [-0.3, -0.25) is 0 Å². The van der Waals surface area contributed by atoms with E-state index in [4.69, 9.17) is 25.9 Å². The van der Waals surface area contributed by atoms with Crippen molar-refractivity contribution in [1.29, 1.82) is 0 Å². The molecule has 0 aliphatic carbocycles. The molecule has 15 heavy (non-hydrogen) atoms. The van der Waals surface area contributed by atoms with Crippen molar-refractivity contribution < 1.29 is 43.5 Å². The van der Waals surface area contributed by atoms with Crippen LogP contribution in [0.2, 0.25) is 0 Å². The van der Waals surface area contributed by atoms with Crippen molar-refractivity contribution in [3.8, 4) is 0 Å². The summed E-state index contributed by atoms with van der Waals surface area (Å²) in [6.45, 7) is 0. The Morgan fingerprint density at radius 3 is 0.800 bits per heavy atom. The zero-order chi connectivity index (χ0) is 12.2. The molecule has 0 bridgehead atoms. The maximum atomic E-state index is 10.6. The minimum atomic E-state index is -5.32. The van der Waals surface area contributed by atoms with E-state index in [0.717, 1.165) is 0 Å². The van der Waals surface area contributed by atoms with Gasteiger partial charge in [0.1, 0.15) is 0 Å². The number of rotatable bonds is 2. The van der Waals surface area contributed by atoms with Crippen LogP contribution in [0, 0.1) is 0 Å². The van der Waals surface area contributed by atoms with Gasteiger partial charge in [0.05, 0.1) is 0 Å². The van der Waals surface area contributed by atoms with Gasteiger partial charge in [0.15, 0.2) is 20.2 Å². The Morgan fingerprint density at radius 1 is 0.733 bits per heavy atom. The zero-order valence-corrected chi connectivity index (χ0v) is 9.69. The van der Waals surface area contributed by atoms with E-state index in [1.165, 1.54) is 0 Å². The van der Waals surface area contributed by atoms with E-state index >= 15 is 0 Å². The SMILES string of the molecule is O=S(=O)([O-])C(F)F.O=S(=O)([O-])C(F)F.[Mg+2]. The average molecular weight is 286 g/mol. The molecule has 13 heteroatoms. The van der Waals surface area contributed by atoms with Crippen LogP contribution in [0.4, 0.5) is 17.6 Å². The van der Waals surface area contributed by atoms with E-state index in [-0.39, 0.29) is 23.1 Å². The molecule has 0 aliphatic heterocycles. The van der Waals surface area contributed by atoms with Gasteiger partial charge < -0.3 is 9.11 Å². The van der Waals surface area contributed by atoms with E-state index in [1.54, 1.807) is 0 Å². The number of halogens is 4. The molecule has 0 radical (unpaired) electrons. The van der Waals surface area contributed by atoms with Crippen molar-refractivity contribution >= 4 is 43.3 Å². The van der Waals surface area contributed by atoms with Crippen molar-refractivity contribution in [2.75, 3.05) is 0 Å². The van der Waals surface area contributed by atoms with Crippen LogP contribution < -0.4 is 0 Å². The Labute approximate surface area is 98.3 Å². The minimum Gasteiger partial charge on any atom is -0.744 e. The van der Waals surface area contributed by atoms with Crippen LogP contribution in [0.3, 0.4) is 0 Å². The van der Waals surface area contributed by atoms with Gasteiger partial charge in [-0.25, -0.2) is 16.8 Å². The van der Waals surface area contributed by atoms with E-state index in [2.05, 4.69) is 0 Å². The van der Waals surface area contributed by atoms with E-state index < -0.39 is 31.8 Å². The van der Waals surface area contributed by atoms with Gasteiger partial charge in [0.25, 0.3) is 0 Å². The van der Waals surface area contributed by atoms with Gasteiger partial charge in [0.2, 0.25) is 0 Å². The van der Waals surface area contributed by atoms with Crippen LogP contribution in [0.25, 0.3) is 0 Å². The first-order valence-corrected chi connectivity index (χ1v) is 5.29. The number of hydrogen-bond acceptors (Lipinski definition) is 6. The molecule has 0 atom stereocenters. The fraction of sp³-hybridized carbons (Fsp3) is 1.00. The predicted molar refractivity (Wildman–Crippen MR) is 37.2 cm³/mol. The molecule has 0 saturated carbocycles. The number of alkyl halides is 4. The molecule has 6 nitrogen and oxygen atoms in total. The molecule has 0 N–H and O–H groups in total. The molecule has 0 fully saturated rings. The van der Waals surface area contributed by atoms with Crippen molar-refractivity contribution in [1.82, 2.24) is 0 Å². The molecular formula is C2H2F4MgO6S2. The smallest absolute Gasteiger partial charge is 0.744 e. The van der Waals surface area contributed by atoms with E-state index in [0.29, 0.717) is 0 Å². The maximum Gasteiger partial charge on any atom is 2.00 e. The van der Waals surface area contributed by atoms with Gasteiger partial charge in [-0.05, 0) is 0 Å². The minimum absolute atomic E-state index is 0. The summed E-state index contributed by atoms with van der Waals surface area (Å²) < 4.78 is 96.7. The quantitative estimate of drug-likeness (QED) is 0.370. The Morgan fingerprint density at radius 2 is 0.800 bits per heavy atom. The third-order valence-corrected chi connectivity index (χ3v) is 1.31. The van der Waals surface area contributed by atoms with Crippen molar-refractivity contribution in [2.24, 2.45) is 0 Å². The van der Waals surface area contributed by atoms with Gasteiger partial charge in [0, 0.05) is 0 Å². The molecule has 0 spiro atoms. The summed E-state index contributed by atoms with van der Waals surface area (Å²) >= 11 is 0. The van der Waals surface area contributed by atoms with Crippen molar-refractivity contribution in [3.05, 3.63) is 0 Å². The summed E-state index contributed by atoms with van der Waals surface area (Å²) in [5, 5.41) is 0. The Balaban J connectivity index is -0.000000180. The summed E-state index contributed by atoms with van der Waals surface area (Å²) in [6, 6.07) is 0. The second kappa shape index (κ2) is 7.56. The second-order valence-electron chi connectivity index (χ2n) is 1.51. The fourth-order valence-corrected chi connectivity index (χ4v) is 0. The third kappa shape index (κ3) is 14.3. The molecule has 0 saturated heterocycles. The van der Waals surface area contributed by atoms with Crippen molar-refractivity contribution in [3.63, 3.8) is 0 Å². The summed E-state index contributed by atoms with van der Waals surface area (Å²) in [5.41, 5.74) is 0. The van der Waals surface area contributed by atoms with Crippen LogP contribution in [0.5, 0.6) is 0 Å². The predicted octanol–water partition coefficient (Wildman–Crippen LogP) is -0.872. The maximum absolute atomic E-state index is 10.6. The average Bonchev–Trinajstić information content (AvgIpc) is 1.83. The summed E-state index contributed by atoms with van der Waals surface area (Å²) in [7, 11) is -10.6. The van der Waals surface area contributed by atoms with Crippen LogP contribution in [0.15, 0.2) is 0 Å². The monoisotopic (exact) mass is 286 g/mol. The first kappa shape index (κ1) is 20.7. The van der Waals surface area contributed by atoms with Crippen LogP contribution in [-0.4, -0.2) is 60.5 Å². The molecule has 0 aliphatic rings. The second-order valence-corrected chi connectivity index (χ2v) is 4.19. The van der Waals surface area contributed by atoms with Crippen LogP contribution in [0.1, 0.15) is 0 Å².